The number of nitrogens with one attached hydrogen (secondary N) is 1. The van der Waals surface area contributed by atoms with Crippen LogP contribution in [0.5, 0.6) is 0 Å². The Morgan fingerprint density at radius 2 is 1.90 bits per heavy atom. The molecule has 1 aromatic carbocycles. The van der Waals surface area contributed by atoms with Gasteiger partial charge in [-0.15, -0.1) is 0 Å². The molecule has 0 bridgehead atoms. The molecule has 0 aliphatic carbocycles. The quantitative estimate of drug-likeness (QED) is 0.647. The molecule has 112 valence electrons. The summed E-state index contributed by atoms with van der Waals surface area (Å²) in [5.74, 6) is -0.504. The van der Waals surface area contributed by atoms with Gasteiger partial charge in [0.05, 0.1) is 4.92 Å². The Morgan fingerprint density at radius 1 is 1.29 bits per heavy atom. The van der Waals surface area contributed by atoms with E-state index in [1.165, 1.54) is 23.1 Å². The zero-order valence-electron chi connectivity index (χ0n) is 11.2. The van der Waals surface area contributed by atoms with E-state index in [9.17, 15) is 19.7 Å². The van der Waals surface area contributed by atoms with Gasteiger partial charge in [0, 0.05) is 25.2 Å². The van der Waals surface area contributed by atoms with Crippen LogP contribution < -0.4 is 5.32 Å². The van der Waals surface area contributed by atoms with Gasteiger partial charge in [-0.1, -0.05) is 12.1 Å². The number of rotatable bonds is 3. The van der Waals surface area contributed by atoms with Crippen molar-refractivity contribution >= 4 is 17.7 Å². The second-order valence-electron chi connectivity index (χ2n) is 4.79. The van der Waals surface area contributed by atoms with Crippen LogP contribution in [0.15, 0.2) is 24.3 Å². The summed E-state index contributed by atoms with van der Waals surface area (Å²) >= 11 is 0. The molecule has 1 aliphatic heterocycles. The number of para-hydroxylation sites is 1. The fourth-order valence-corrected chi connectivity index (χ4v) is 2.30. The summed E-state index contributed by atoms with van der Waals surface area (Å²) in [7, 11) is 0. The van der Waals surface area contributed by atoms with E-state index >= 15 is 0 Å². The lowest BCUT2D eigenvalue weighted by Gasteiger charge is -2.30. The molecule has 0 aromatic heterocycles. The van der Waals surface area contributed by atoms with Crippen LogP contribution in [0.25, 0.3) is 0 Å². The minimum Gasteiger partial charge on any atom is -0.465 e. The normalized spacial score (nSPS) is 15.5. The van der Waals surface area contributed by atoms with Gasteiger partial charge < -0.3 is 15.3 Å². The van der Waals surface area contributed by atoms with E-state index in [-0.39, 0.29) is 17.3 Å². The Hall–Kier alpha value is -2.64. The number of nitro benzene ring substituents is 1. The van der Waals surface area contributed by atoms with Crippen molar-refractivity contribution in [2.45, 2.75) is 18.9 Å². The van der Waals surface area contributed by atoms with E-state index in [2.05, 4.69) is 5.32 Å². The first-order valence-corrected chi connectivity index (χ1v) is 6.51. The third-order valence-corrected chi connectivity index (χ3v) is 3.45. The number of nitrogens with zero attached hydrogens (tertiary/aromatic N) is 2. The fourth-order valence-electron chi connectivity index (χ4n) is 2.30. The van der Waals surface area contributed by atoms with Gasteiger partial charge in [0.25, 0.3) is 11.6 Å². The van der Waals surface area contributed by atoms with Gasteiger partial charge in [-0.3, -0.25) is 14.9 Å². The number of carbonyl (C=O) groups excluding carboxylic acids is 1. The number of nitro groups is 1. The Morgan fingerprint density at radius 3 is 2.48 bits per heavy atom. The Balaban J connectivity index is 2.00. The van der Waals surface area contributed by atoms with Gasteiger partial charge >= 0.3 is 6.09 Å². The monoisotopic (exact) mass is 293 g/mol. The number of hydrogen-bond donors (Lipinski definition) is 2. The van der Waals surface area contributed by atoms with Crippen LogP contribution in [0.2, 0.25) is 0 Å². The number of carboxylic acid groups (broad SMARTS) is 1. The lowest BCUT2D eigenvalue weighted by atomic mass is 10.0. The second kappa shape index (κ2) is 6.21. The van der Waals surface area contributed by atoms with E-state index in [0.717, 1.165) is 0 Å². The van der Waals surface area contributed by atoms with Crippen molar-refractivity contribution in [3.63, 3.8) is 0 Å². The van der Waals surface area contributed by atoms with Crippen molar-refractivity contribution in [1.29, 1.82) is 0 Å². The van der Waals surface area contributed by atoms with Gasteiger partial charge in [-0.2, -0.15) is 0 Å². The summed E-state index contributed by atoms with van der Waals surface area (Å²) in [5, 5.41) is 22.5. The maximum atomic E-state index is 12.1. The molecule has 0 spiro atoms. The largest absolute Gasteiger partial charge is 0.465 e. The Kier molecular flexibility index (Phi) is 4.36. The second-order valence-corrected chi connectivity index (χ2v) is 4.79. The lowest BCUT2D eigenvalue weighted by molar-refractivity contribution is -0.385. The van der Waals surface area contributed by atoms with E-state index in [0.29, 0.717) is 25.9 Å². The topological polar surface area (TPSA) is 113 Å². The average Bonchev–Trinajstić information content (AvgIpc) is 2.47. The zero-order valence-corrected chi connectivity index (χ0v) is 11.2. The first-order valence-electron chi connectivity index (χ1n) is 6.51. The van der Waals surface area contributed by atoms with Gasteiger partial charge in [-0.05, 0) is 18.9 Å². The van der Waals surface area contributed by atoms with Gasteiger partial charge in [-0.25, -0.2) is 4.79 Å². The molecular formula is C13H15N3O5. The van der Waals surface area contributed by atoms with E-state index in [4.69, 9.17) is 5.11 Å². The first kappa shape index (κ1) is 14.8. The fraction of sp³-hybridized carbons (Fsp3) is 0.385. The molecule has 0 unspecified atom stereocenters. The minimum atomic E-state index is -0.974. The van der Waals surface area contributed by atoms with Crippen LogP contribution in [0.4, 0.5) is 10.5 Å². The van der Waals surface area contributed by atoms with Crippen molar-refractivity contribution in [1.82, 2.24) is 10.2 Å². The molecule has 1 fully saturated rings. The predicted molar refractivity (Wildman–Crippen MR) is 73.2 cm³/mol. The van der Waals surface area contributed by atoms with E-state index < -0.39 is 16.9 Å². The van der Waals surface area contributed by atoms with Gasteiger partial charge in [0.1, 0.15) is 5.56 Å². The van der Waals surface area contributed by atoms with Crippen molar-refractivity contribution in [3.05, 3.63) is 39.9 Å². The maximum absolute atomic E-state index is 12.1. The molecule has 0 atom stereocenters. The van der Waals surface area contributed by atoms with E-state index in [1.54, 1.807) is 6.07 Å². The molecule has 8 heteroatoms. The van der Waals surface area contributed by atoms with E-state index in [1.807, 2.05) is 0 Å². The van der Waals surface area contributed by atoms with Crippen LogP contribution in [-0.4, -0.2) is 46.1 Å². The van der Waals surface area contributed by atoms with Crippen molar-refractivity contribution in [3.8, 4) is 0 Å². The average molecular weight is 293 g/mol. The van der Waals surface area contributed by atoms with Crippen LogP contribution in [0, 0.1) is 10.1 Å². The summed E-state index contributed by atoms with van der Waals surface area (Å²) in [6.45, 7) is 0.689. The Labute approximate surface area is 120 Å². The third kappa shape index (κ3) is 3.47. The highest BCUT2D eigenvalue weighted by atomic mass is 16.6. The molecule has 1 aromatic rings. The molecule has 1 saturated heterocycles. The predicted octanol–water partition coefficient (Wildman–Crippen LogP) is 1.47. The summed E-state index contributed by atoms with van der Waals surface area (Å²) in [5.41, 5.74) is -0.221. The van der Waals surface area contributed by atoms with Crippen LogP contribution in [-0.2, 0) is 0 Å². The van der Waals surface area contributed by atoms with Crippen LogP contribution >= 0.6 is 0 Å². The third-order valence-electron chi connectivity index (χ3n) is 3.45. The number of benzene rings is 1. The molecule has 21 heavy (non-hydrogen) atoms. The molecule has 2 amide bonds. The highest BCUT2D eigenvalue weighted by molar-refractivity contribution is 5.98. The highest BCUT2D eigenvalue weighted by Gasteiger charge is 2.26. The lowest BCUT2D eigenvalue weighted by Crippen LogP contribution is -2.46. The molecule has 1 heterocycles. The SMILES string of the molecule is O=C(NC1CCN(C(=O)O)CC1)c1ccccc1[N+](=O)[O-]. The van der Waals surface area contributed by atoms with Gasteiger partial charge in [0.2, 0.25) is 0 Å². The standard InChI is InChI=1S/C13H15N3O5/c17-12(10-3-1-2-4-11(10)16(20)21)14-9-5-7-15(8-6-9)13(18)19/h1-4,9H,5-8H2,(H,14,17)(H,18,19). The van der Waals surface area contributed by atoms with Gasteiger partial charge in [0.15, 0.2) is 0 Å². The molecule has 1 aliphatic rings. The molecule has 0 radical (unpaired) electrons. The van der Waals surface area contributed by atoms with Crippen molar-refractivity contribution in [2.24, 2.45) is 0 Å². The summed E-state index contributed by atoms with van der Waals surface area (Å²) in [6.07, 6.45) is 0.0237. The highest BCUT2D eigenvalue weighted by Crippen LogP contribution is 2.18. The molecule has 8 nitrogen and oxygen atoms in total. The molecule has 0 saturated carbocycles. The number of amides is 2. The smallest absolute Gasteiger partial charge is 0.407 e. The number of carbonyl (C=O) groups is 2. The zero-order chi connectivity index (χ0) is 15.4. The van der Waals surface area contributed by atoms with Crippen molar-refractivity contribution in [2.75, 3.05) is 13.1 Å². The maximum Gasteiger partial charge on any atom is 0.407 e. The molecular weight excluding hydrogens is 278 g/mol. The molecule has 2 N–H and O–H groups in total. The number of likely N-dealkylation sites (tertiary alicyclic amines) is 1. The van der Waals surface area contributed by atoms with Crippen molar-refractivity contribution < 1.29 is 19.6 Å². The number of hydrogen-bond acceptors (Lipinski definition) is 4. The minimum absolute atomic E-state index is 0.0168. The van der Waals surface area contributed by atoms with Crippen LogP contribution in [0.3, 0.4) is 0 Å². The van der Waals surface area contributed by atoms with Crippen LogP contribution in [0.1, 0.15) is 23.2 Å². The summed E-state index contributed by atoms with van der Waals surface area (Å²) in [4.78, 5) is 34.5. The summed E-state index contributed by atoms with van der Waals surface area (Å²) < 4.78 is 0. The summed E-state index contributed by atoms with van der Waals surface area (Å²) in [6, 6.07) is 5.57. The number of piperidine rings is 1. The molecule has 2 rings (SSSR count). The Bertz CT molecular complexity index is 567. The first-order chi connectivity index (χ1) is 9.99.